The Hall–Kier alpha value is 0.914. The van der Waals surface area contributed by atoms with Crippen LogP contribution in [0.15, 0.2) is 0 Å². The molecule has 32 valence electrons. The van der Waals surface area contributed by atoms with E-state index in [1.165, 1.54) is 0 Å². The molecule has 5 heavy (non-hydrogen) atoms. The fraction of sp³-hybridized carbons (Fsp3) is 1.00. The second kappa shape index (κ2) is 4.91. The van der Waals surface area contributed by atoms with Crippen LogP contribution in [0.4, 0.5) is 0 Å². The molecule has 0 amide bonds. The van der Waals surface area contributed by atoms with Crippen LogP contribution in [0.25, 0.3) is 0 Å². The van der Waals surface area contributed by atoms with Crippen LogP contribution in [0, 0.1) is 0 Å². The van der Waals surface area contributed by atoms with Crippen molar-refractivity contribution in [3.05, 3.63) is 0 Å². The van der Waals surface area contributed by atoms with Crippen LogP contribution < -0.4 is 0 Å². The highest BCUT2D eigenvalue weighted by molar-refractivity contribution is 9.23. The van der Waals surface area contributed by atoms with Gasteiger partial charge in [-0.15, -0.1) is 15.3 Å². The minimum absolute atomic E-state index is 0.288. The predicted molar refractivity (Wildman–Crippen MR) is 36.7 cm³/mol. The summed E-state index contributed by atoms with van der Waals surface area (Å²) < 4.78 is 0. The van der Waals surface area contributed by atoms with Crippen molar-refractivity contribution in [1.29, 1.82) is 0 Å². The minimum Gasteiger partial charge on any atom is -0.136 e. The molecule has 0 aromatic carbocycles. The third-order valence-corrected chi connectivity index (χ3v) is 9.43. The van der Waals surface area contributed by atoms with E-state index in [2.05, 4.69) is 21.8 Å². The molecule has 0 N–H and O–H groups in total. The van der Waals surface area contributed by atoms with Gasteiger partial charge in [-0.2, -0.15) is 0 Å². The third kappa shape index (κ3) is 4.91. The van der Waals surface area contributed by atoms with E-state index < -0.39 is 0 Å². The molecule has 0 aliphatic heterocycles. The van der Waals surface area contributed by atoms with Crippen molar-refractivity contribution < 1.29 is 0 Å². The van der Waals surface area contributed by atoms with Crippen molar-refractivity contribution >= 4 is 33.0 Å². The van der Waals surface area contributed by atoms with Crippen molar-refractivity contribution in [1.82, 2.24) is 0 Å². The zero-order chi connectivity index (χ0) is 4.12. The van der Waals surface area contributed by atoms with Crippen LogP contribution in [0.1, 0.15) is 0 Å². The molecule has 0 bridgehead atoms. The summed E-state index contributed by atoms with van der Waals surface area (Å²) in [5.41, 5.74) is 1.58. The molecule has 0 saturated heterocycles. The Bertz CT molecular complexity index is 15.1. The van der Waals surface area contributed by atoms with E-state index in [1.807, 2.05) is 0 Å². The van der Waals surface area contributed by atoms with Gasteiger partial charge in [0.1, 0.15) is 0 Å². The van der Waals surface area contributed by atoms with Crippen molar-refractivity contribution in [3.63, 3.8) is 0 Å². The molecule has 0 aromatic rings. The van der Waals surface area contributed by atoms with E-state index in [9.17, 15) is 0 Å². The fourth-order valence-corrected chi connectivity index (χ4v) is 6.25. The molecule has 0 fully saturated rings. The number of hydrogen-bond donors (Lipinski definition) is 0. The zero-order valence-electron chi connectivity index (χ0n) is 3.50. The van der Waals surface area contributed by atoms with Gasteiger partial charge in [0.25, 0.3) is 0 Å². The smallest absolute Gasteiger partial charge is 0.0954 e. The molecular weight excluding hydrogens is 160 g/mol. The van der Waals surface area contributed by atoms with E-state index in [4.69, 9.17) is 0 Å². The second-order valence-electron chi connectivity index (χ2n) is 1.04. The highest BCUT2D eigenvalue weighted by Crippen LogP contribution is 1.78. The molecule has 0 aromatic heterocycles. The van der Waals surface area contributed by atoms with E-state index in [1.54, 1.807) is 5.67 Å². The van der Waals surface area contributed by atoms with Gasteiger partial charge < -0.3 is 0 Å². The predicted octanol–water partition coefficient (Wildman–Crippen LogP) is 0.0578. The Kier molecular flexibility index (Phi) is 5.81. The molecule has 0 aliphatic carbocycles. The Morgan fingerprint density at radius 2 is 2.40 bits per heavy atom. The summed E-state index contributed by atoms with van der Waals surface area (Å²) in [6.07, 6.45) is 0. The Balaban J connectivity index is 2.19. The quantitative estimate of drug-likeness (QED) is 0.405. The number of rotatable bonds is 2. The van der Waals surface area contributed by atoms with E-state index >= 15 is 0 Å². The van der Waals surface area contributed by atoms with Gasteiger partial charge in [0, 0.05) is 9.52 Å². The molecular formula is C2H9BrSi2. The lowest BCUT2D eigenvalue weighted by Gasteiger charge is -1.74. The molecule has 0 unspecified atom stereocenters. The van der Waals surface area contributed by atoms with E-state index in [0.29, 0.717) is 9.52 Å². The van der Waals surface area contributed by atoms with Crippen LogP contribution in [0.5, 0.6) is 0 Å². The molecule has 0 rings (SSSR count). The van der Waals surface area contributed by atoms with Gasteiger partial charge >= 0.3 is 0 Å². The molecule has 0 atom stereocenters. The lowest BCUT2D eigenvalue weighted by Crippen LogP contribution is -1.81. The first-order chi connectivity index (χ1) is 2.41. The van der Waals surface area contributed by atoms with Crippen molar-refractivity contribution in [2.75, 3.05) is 0 Å². The summed E-state index contributed by atoms with van der Waals surface area (Å²) in [4.78, 5) is 0. The number of hydrogen-bond acceptors (Lipinski definition) is 0. The molecule has 0 heterocycles. The minimum atomic E-state index is 0.288. The highest BCUT2D eigenvalue weighted by Gasteiger charge is 1.72. The second-order valence-corrected chi connectivity index (χ2v) is 7.63. The maximum absolute atomic E-state index is 3.48. The SMILES string of the molecule is C[SiH2]C[SiH2]Br. The lowest BCUT2D eigenvalue weighted by molar-refractivity contribution is 1.99. The largest absolute Gasteiger partial charge is 0.136 e. The lowest BCUT2D eigenvalue weighted by atomic mass is 11.9. The van der Waals surface area contributed by atoms with Gasteiger partial charge in [0.05, 0.1) is 8.14 Å². The zero-order valence-corrected chi connectivity index (χ0v) is 7.91. The molecule has 0 spiro atoms. The van der Waals surface area contributed by atoms with Gasteiger partial charge in [0.2, 0.25) is 0 Å². The van der Waals surface area contributed by atoms with Gasteiger partial charge in [-0.3, -0.25) is 0 Å². The molecule has 0 saturated carbocycles. The van der Waals surface area contributed by atoms with Crippen LogP contribution >= 0.6 is 15.3 Å². The summed E-state index contributed by atoms with van der Waals surface area (Å²) in [7, 11) is 0.717. The number of halogens is 1. The monoisotopic (exact) mass is 168 g/mol. The summed E-state index contributed by atoms with van der Waals surface area (Å²) >= 11 is 3.48. The molecule has 0 aliphatic rings. The van der Waals surface area contributed by atoms with Gasteiger partial charge in [-0.25, -0.2) is 0 Å². The van der Waals surface area contributed by atoms with Gasteiger partial charge in [-0.1, -0.05) is 12.2 Å². The summed E-state index contributed by atoms with van der Waals surface area (Å²) in [6, 6.07) is 0. The Morgan fingerprint density at radius 3 is 2.40 bits per heavy atom. The normalized spacial score (nSPS) is 13.2. The van der Waals surface area contributed by atoms with Crippen molar-refractivity contribution in [3.8, 4) is 0 Å². The van der Waals surface area contributed by atoms with Crippen LogP contribution in [0.2, 0.25) is 12.2 Å². The van der Waals surface area contributed by atoms with Crippen molar-refractivity contribution in [2.45, 2.75) is 12.2 Å². The van der Waals surface area contributed by atoms with Gasteiger partial charge in [-0.05, 0) is 0 Å². The highest BCUT2D eigenvalue weighted by atomic mass is 79.9. The first-order valence-electron chi connectivity index (χ1n) is 1.97. The average Bonchev–Trinajstić information content (AvgIpc) is 1.41. The molecule has 3 heteroatoms. The standard InChI is InChI=1S/C2H9BrSi2/c1-4-2-5-3/h2,4-5H2,1H3. The van der Waals surface area contributed by atoms with Crippen molar-refractivity contribution in [2.24, 2.45) is 0 Å². The third-order valence-electron chi connectivity index (χ3n) is 0.487. The fourth-order valence-electron chi connectivity index (χ4n) is 0.134. The Labute approximate surface area is 45.6 Å². The summed E-state index contributed by atoms with van der Waals surface area (Å²) in [6.45, 7) is 2.36. The molecule has 0 nitrogen and oxygen atoms in total. The van der Waals surface area contributed by atoms with Crippen LogP contribution in [-0.2, 0) is 0 Å². The van der Waals surface area contributed by atoms with E-state index in [0.717, 1.165) is 0 Å². The Morgan fingerprint density at radius 1 is 1.80 bits per heavy atom. The topological polar surface area (TPSA) is 0 Å². The summed E-state index contributed by atoms with van der Waals surface area (Å²) in [5.74, 6) is 0. The first-order valence-corrected chi connectivity index (χ1v) is 9.29. The van der Waals surface area contributed by atoms with Crippen LogP contribution in [-0.4, -0.2) is 17.7 Å². The van der Waals surface area contributed by atoms with Crippen LogP contribution in [0.3, 0.4) is 0 Å². The maximum atomic E-state index is 3.48. The summed E-state index contributed by atoms with van der Waals surface area (Å²) in [5, 5.41) is 0. The maximum Gasteiger partial charge on any atom is 0.0954 e. The van der Waals surface area contributed by atoms with E-state index in [-0.39, 0.29) is 8.14 Å². The molecule has 0 radical (unpaired) electrons. The first kappa shape index (κ1) is 5.91. The average molecular weight is 169 g/mol. The van der Waals surface area contributed by atoms with Gasteiger partial charge in [0.15, 0.2) is 0 Å².